The van der Waals surface area contributed by atoms with Gasteiger partial charge in [-0.3, -0.25) is 4.98 Å². The summed E-state index contributed by atoms with van der Waals surface area (Å²) in [6, 6.07) is 13.8. The van der Waals surface area contributed by atoms with Crippen molar-refractivity contribution >= 4 is 11.3 Å². The Balaban J connectivity index is 1.64. The third kappa shape index (κ3) is 2.38. The Hall–Kier alpha value is -2.93. The number of thiazole rings is 1. The van der Waals surface area contributed by atoms with Crippen LogP contribution < -0.4 is 0 Å². The van der Waals surface area contributed by atoms with Crippen LogP contribution in [0.5, 0.6) is 0 Å². The lowest BCUT2D eigenvalue weighted by Crippen LogP contribution is -1.84. The molecule has 0 aliphatic rings. The summed E-state index contributed by atoms with van der Waals surface area (Å²) in [5.41, 5.74) is 3.82. The first-order valence-corrected chi connectivity index (χ1v) is 7.49. The predicted octanol–water partition coefficient (Wildman–Crippen LogP) is 3.05. The molecule has 1 aromatic carbocycles. The van der Waals surface area contributed by atoms with Crippen LogP contribution >= 0.6 is 11.3 Å². The number of hydrogen-bond acceptors (Lipinski definition) is 6. The van der Waals surface area contributed by atoms with Gasteiger partial charge in [-0.05, 0) is 22.6 Å². The summed E-state index contributed by atoms with van der Waals surface area (Å²) in [5, 5.41) is 16.7. The molecule has 3 heterocycles. The van der Waals surface area contributed by atoms with E-state index in [-0.39, 0.29) is 0 Å². The topological polar surface area (TPSA) is 80.2 Å². The SMILES string of the molecule is c1ccc(-c2nc(-c3ccc(-c4nnn[nH]4)cc3)cs2)nc1. The van der Waals surface area contributed by atoms with Crippen LogP contribution in [0.15, 0.2) is 54.0 Å². The number of benzene rings is 1. The zero-order valence-electron chi connectivity index (χ0n) is 11.3. The van der Waals surface area contributed by atoms with Gasteiger partial charge in [-0.15, -0.1) is 16.4 Å². The Labute approximate surface area is 129 Å². The highest BCUT2D eigenvalue weighted by atomic mass is 32.1. The zero-order chi connectivity index (χ0) is 14.8. The van der Waals surface area contributed by atoms with Crippen LogP contribution in [0.1, 0.15) is 0 Å². The minimum Gasteiger partial charge on any atom is -0.254 e. The van der Waals surface area contributed by atoms with Crippen LogP contribution in [0.4, 0.5) is 0 Å². The molecular weight excluding hydrogens is 296 g/mol. The lowest BCUT2D eigenvalue weighted by Gasteiger charge is -1.99. The van der Waals surface area contributed by atoms with E-state index in [0.29, 0.717) is 5.82 Å². The fraction of sp³-hybridized carbons (Fsp3) is 0. The molecule has 4 aromatic rings. The van der Waals surface area contributed by atoms with E-state index in [4.69, 9.17) is 0 Å². The summed E-state index contributed by atoms with van der Waals surface area (Å²) >= 11 is 1.59. The van der Waals surface area contributed by atoms with Crippen LogP contribution in [-0.2, 0) is 0 Å². The summed E-state index contributed by atoms with van der Waals surface area (Å²) < 4.78 is 0. The van der Waals surface area contributed by atoms with Gasteiger partial charge in [0.25, 0.3) is 0 Å². The maximum Gasteiger partial charge on any atom is 0.179 e. The third-order valence-corrected chi connectivity index (χ3v) is 4.05. The van der Waals surface area contributed by atoms with Crippen LogP contribution in [0.2, 0.25) is 0 Å². The van der Waals surface area contributed by atoms with Gasteiger partial charge in [-0.2, -0.15) is 0 Å². The first kappa shape index (κ1) is 12.8. The number of aromatic amines is 1. The molecule has 6 nitrogen and oxygen atoms in total. The number of nitrogens with zero attached hydrogens (tertiary/aromatic N) is 5. The predicted molar refractivity (Wildman–Crippen MR) is 84.0 cm³/mol. The van der Waals surface area contributed by atoms with Crippen molar-refractivity contribution in [1.82, 2.24) is 30.6 Å². The Morgan fingerprint density at radius 2 is 1.77 bits per heavy atom. The molecule has 0 saturated heterocycles. The lowest BCUT2D eigenvalue weighted by molar-refractivity contribution is 0.881. The minimum absolute atomic E-state index is 0.652. The van der Waals surface area contributed by atoms with Crippen molar-refractivity contribution in [3.8, 4) is 33.3 Å². The van der Waals surface area contributed by atoms with Gasteiger partial charge in [-0.1, -0.05) is 30.3 Å². The summed E-state index contributed by atoms with van der Waals surface area (Å²) in [4.78, 5) is 8.98. The third-order valence-electron chi connectivity index (χ3n) is 3.19. The molecule has 4 rings (SSSR count). The van der Waals surface area contributed by atoms with E-state index >= 15 is 0 Å². The van der Waals surface area contributed by atoms with Crippen molar-refractivity contribution in [2.45, 2.75) is 0 Å². The van der Waals surface area contributed by atoms with Gasteiger partial charge < -0.3 is 0 Å². The van der Waals surface area contributed by atoms with E-state index in [0.717, 1.165) is 27.5 Å². The lowest BCUT2D eigenvalue weighted by atomic mass is 10.1. The second-order valence-corrected chi connectivity index (χ2v) is 5.44. The van der Waals surface area contributed by atoms with Gasteiger partial charge in [0, 0.05) is 22.7 Å². The van der Waals surface area contributed by atoms with Crippen molar-refractivity contribution in [3.63, 3.8) is 0 Å². The van der Waals surface area contributed by atoms with E-state index in [1.807, 2.05) is 47.8 Å². The average molecular weight is 306 g/mol. The number of aromatic nitrogens is 6. The van der Waals surface area contributed by atoms with Crippen molar-refractivity contribution in [3.05, 3.63) is 54.0 Å². The summed E-state index contributed by atoms with van der Waals surface area (Å²) in [6.07, 6.45) is 1.77. The highest BCUT2D eigenvalue weighted by Gasteiger charge is 2.08. The number of tetrazole rings is 1. The minimum atomic E-state index is 0.652. The molecule has 1 N–H and O–H groups in total. The monoisotopic (exact) mass is 306 g/mol. The molecule has 0 spiro atoms. The molecule has 3 aromatic heterocycles. The molecule has 22 heavy (non-hydrogen) atoms. The molecule has 0 bridgehead atoms. The van der Waals surface area contributed by atoms with E-state index < -0.39 is 0 Å². The maximum absolute atomic E-state index is 4.65. The molecule has 0 atom stereocenters. The van der Waals surface area contributed by atoms with Crippen molar-refractivity contribution in [1.29, 1.82) is 0 Å². The summed E-state index contributed by atoms with van der Waals surface area (Å²) in [5.74, 6) is 0.652. The van der Waals surface area contributed by atoms with E-state index in [1.54, 1.807) is 17.5 Å². The number of pyridine rings is 1. The van der Waals surface area contributed by atoms with E-state index in [1.165, 1.54) is 0 Å². The molecule has 0 fully saturated rings. The van der Waals surface area contributed by atoms with Gasteiger partial charge >= 0.3 is 0 Å². The smallest absolute Gasteiger partial charge is 0.179 e. The van der Waals surface area contributed by atoms with Crippen LogP contribution in [-0.4, -0.2) is 30.6 Å². The van der Waals surface area contributed by atoms with Crippen LogP contribution in [0, 0.1) is 0 Å². The summed E-state index contributed by atoms with van der Waals surface area (Å²) in [6.45, 7) is 0. The largest absolute Gasteiger partial charge is 0.254 e. The molecule has 0 radical (unpaired) electrons. The number of rotatable bonds is 3. The second-order valence-electron chi connectivity index (χ2n) is 4.58. The van der Waals surface area contributed by atoms with Crippen LogP contribution in [0.3, 0.4) is 0 Å². The maximum atomic E-state index is 4.65. The Morgan fingerprint density at radius 3 is 2.50 bits per heavy atom. The number of H-pyrrole nitrogens is 1. The van der Waals surface area contributed by atoms with Crippen LogP contribution in [0.25, 0.3) is 33.3 Å². The first-order chi connectivity index (χ1) is 10.9. The molecule has 0 unspecified atom stereocenters. The quantitative estimate of drug-likeness (QED) is 0.629. The number of hydrogen-bond donors (Lipinski definition) is 1. The van der Waals surface area contributed by atoms with Gasteiger partial charge in [0.15, 0.2) is 5.82 Å². The van der Waals surface area contributed by atoms with E-state index in [2.05, 4.69) is 30.6 Å². The molecule has 7 heteroatoms. The van der Waals surface area contributed by atoms with Gasteiger partial charge in [0.05, 0.1) is 11.4 Å². The highest BCUT2D eigenvalue weighted by molar-refractivity contribution is 7.13. The van der Waals surface area contributed by atoms with E-state index in [9.17, 15) is 0 Å². The fourth-order valence-corrected chi connectivity index (χ4v) is 2.90. The zero-order valence-corrected chi connectivity index (χ0v) is 12.2. The molecule has 106 valence electrons. The van der Waals surface area contributed by atoms with Gasteiger partial charge in [-0.25, -0.2) is 10.1 Å². The normalized spacial score (nSPS) is 10.7. The number of nitrogens with one attached hydrogen (secondary N) is 1. The molecule has 0 aliphatic carbocycles. The van der Waals surface area contributed by atoms with Crippen molar-refractivity contribution in [2.24, 2.45) is 0 Å². The van der Waals surface area contributed by atoms with Crippen molar-refractivity contribution in [2.75, 3.05) is 0 Å². The standard InChI is InChI=1S/C15H10N6S/c1-2-8-16-12(3-1)15-17-13(9-22-15)10-4-6-11(7-5-10)14-18-20-21-19-14/h1-9H,(H,18,19,20,21). The highest BCUT2D eigenvalue weighted by Crippen LogP contribution is 2.28. The molecule has 0 amide bonds. The Morgan fingerprint density at radius 1 is 0.909 bits per heavy atom. The second kappa shape index (κ2) is 5.45. The Kier molecular flexibility index (Phi) is 3.17. The molecular formula is C15H10N6S. The van der Waals surface area contributed by atoms with Gasteiger partial charge in [0.1, 0.15) is 5.01 Å². The Bertz CT molecular complexity index is 868. The fourth-order valence-electron chi connectivity index (χ4n) is 2.09. The summed E-state index contributed by atoms with van der Waals surface area (Å²) in [7, 11) is 0. The molecule has 0 aliphatic heterocycles. The first-order valence-electron chi connectivity index (χ1n) is 6.61. The van der Waals surface area contributed by atoms with Crippen molar-refractivity contribution < 1.29 is 0 Å². The van der Waals surface area contributed by atoms with Gasteiger partial charge in [0.2, 0.25) is 0 Å². The average Bonchev–Trinajstić information content (AvgIpc) is 3.28. The molecule has 0 saturated carbocycles.